The second kappa shape index (κ2) is 6.88. The average molecular weight is 387 g/mol. The van der Waals surface area contributed by atoms with Crippen LogP contribution in [0.4, 0.5) is 0 Å². The fraction of sp³-hybridized carbons (Fsp3) is 0.111. The Hall–Kier alpha value is -1.34. The summed E-state index contributed by atoms with van der Waals surface area (Å²) in [5.74, 6) is 0.757. The molecule has 0 aliphatic heterocycles. The van der Waals surface area contributed by atoms with Crippen LogP contribution in [0.15, 0.2) is 53.4 Å². The molecule has 0 atom stereocenters. The number of fused-ring (bicyclic) bond motifs is 1. The summed E-state index contributed by atoms with van der Waals surface area (Å²) in [7, 11) is 0. The molecule has 0 spiro atoms. The van der Waals surface area contributed by atoms with Gasteiger partial charge in [-0.2, -0.15) is 12.6 Å². The van der Waals surface area contributed by atoms with E-state index in [1.54, 1.807) is 34.4 Å². The zero-order chi connectivity index (χ0) is 16.5. The molecule has 0 saturated carbocycles. The molecule has 0 fully saturated rings. The molecule has 120 valence electrons. The van der Waals surface area contributed by atoms with E-state index in [-0.39, 0.29) is 0 Å². The van der Waals surface area contributed by atoms with Crippen LogP contribution in [-0.4, -0.2) is 16.2 Å². The van der Waals surface area contributed by atoms with Gasteiger partial charge in [-0.05, 0) is 24.0 Å². The van der Waals surface area contributed by atoms with Crippen molar-refractivity contribution in [2.45, 2.75) is 10.6 Å². The molecule has 2 heterocycles. The molecule has 0 radical (unpaired) electrons. The van der Waals surface area contributed by atoms with E-state index in [4.69, 9.17) is 9.97 Å². The fourth-order valence-corrected chi connectivity index (χ4v) is 5.05. The van der Waals surface area contributed by atoms with Gasteiger partial charge >= 0.3 is 0 Å². The molecule has 4 aromatic rings. The number of thiazole rings is 2. The van der Waals surface area contributed by atoms with E-state index < -0.39 is 0 Å². The summed E-state index contributed by atoms with van der Waals surface area (Å²) in [6.45, 7) is 0. The van der Waals surface area contributed by atoms with Gasteiger partial charge in [0.1, 0.15) is 10.0 Å². The summed E-state index contributed by atoms with van der Waals surface area (Å²) in [5, 5.41) is 2.06. The molecule has 0 unspecified atom stereocenters. The molecule has 6 heteroatoms. The van der Waals surface area contributed by atoms with Crippen LogP contribution in [0.2, 0.25) is 0 Å². The van der Waals surface area contributed by atoms with Gasteiger partial charge in [-0.3, -0.25) is 0 Å². The Bertz CT molecular complexity index is 860. The van der Waals surface area contributed by atoms with Crippen molar-refractivity contribution >= 4 is 56.7 Å². The van der Waals surface area contributed by atoms with Crippen molar-refractivity contribution in [3.63, 3.8) is 0 Å². The average Bonchev–Trinajstić information content (AvgIpc) is 3.21. The van der Waals surface area contributed by atoms with Crippen LogP contribution in [0, 0.1) is 0 Å². The predicted molar refractivity (Wildman–Crippen MR) is 111 cm³/mol. The fourth-order valence-electron chi connectivity index (χ4n) is 2.38. The molecule has 2 nitrogen and oxygen atoms in total. The van der Waals surface area contributed by atoms with E-state index in [9.17, 15) is 0 Å². The highest BCUT2D eigenvalue weighted by Crippen LogP contribution is 2.36. The van der Waals surface area contributed by atoms with Crippen LogP contribution >= 0.6 is 47.1 Å². The van der Waals surface area contributed by atoms with E-state index in [1.165, 1.54) is 10.5 Å². The Balaban J connectivity index is 1.66. The standard InChI is InChI=1S/C18H14N2S4/c1-22-14-8-6-13(7-9-14)16-20-18-17(24-16)19-15(23-18)12-4-2-11(10-21)3-5-12/h2-9,21H,10H2,1H3. The SMILES string of the molecule is CSc1ccc(-c2nc3sc(-c4ccc(CS)cc4)nc3s2)cc1. The number of hydrogen-bond donors (Lipinski definition) is 1. The van der Waals surface area contributed by atoms with Crippen LogP contribution in [0.5, 0.6) is 0 Å². The van der Waals surface area contributed by atoms with Crippen molar-refractivity contribution in [3.8, 4) is 21.1 Å². The molecule has 0 amide bonds. The molecule has 24 heavy (non-hydrogen) atoms. The lowest BCUT2D eigenvalue weighted by Gasteiger charge is -1.99. The molecule has 0 aliphatic rings. The Morgan fingerprint density at radius 3 is 1.79 bits per heavy atom. The maximum atomic E-state index is 4.77. The minimum Gasteiger partial charge on any atom is -0.223 e. The Morgan fingerprint density at radius 2 is 1.33 bits per heavy atom. The molecule has 0 N–H and O–H groups in total. The number of aromatic nitrogens is 2. The normalized spacial score (nSPS) is 11.2. The summed E-state index contributed by atoms with van der Waals surface area (Å²) in [6, 6.07) is 16.9. The first-order valence-electron chi connectivity index (χ1n) is 7.39. The van der Waals surface area contributed by atoms with E-state index in [1.807, 2.05) is 0 Å². The second-order valence-electron chi connectivity index (χ2n) is 5.23. The highest BCUT2D eigenvalue weighted by molar-refractivity contribution is 7.98. The van der Waals surface area contributed by atoms with Gasteiger partial charge in [-0.15, -0.1) is 11.8 Å². The van der Waals surface area contributed by atoms with Gasteiger partial charge in [0, 0.05) is 21.8 Å². The van der Waals surface area contributed by atoms with Crippen molar-refractivity contribution in [2.24, 2.45) is 0 Å². The Morgan fingerprint density at radius 1 is 0.833 bits per heavy atom. The number of rotatable bonds is 4. The predicted octanol–water partition coefficient (Wildman–Crippen LogP) is 6.24. The van der Waals surface area contributed by atoms with Gasteiger partial charge in [0.25, 0.3) is 0 Å². The maximum Gasteiger partial charge on any atom is 0.155 e. The number of nitrogens with zero attached hydrogens (tertiary/aromatic N) is 2. The Labute approximate surface area is 158 Å². The first kappa shape index (κ1) is 16.1. The minimum absolute atomic E-state index is 0.757. The van der Waals surface area contributed by atoms with E-state index in [0.29, 0.717) is 0 Å². The lowest BCUT2D eigenvalue weighted by atomic mass is 10.2. The third kappa shape index (κ3) is 3.11. The smallest absolute Gasteiger partial charge is 0.155 e. The second-order valence-corrected chi connectivity index (χ2v) is 8.38. The summed E-state index contributed by atoms with van der Waals surface area (Å²) in [4.78, 5) is 12.8. The highest BCUT2D eigenvalue weighted by atomic mass is 32.2. The number of thioether (sulfide) groups is 1. The lowest BCUT2D eigenvalue weighted by molar-refractivity contribution is 1.41. The van der Waals surface area contributed by atoms with E-state index >= 15 is 0 Å². The Kier molecular flexibility index (Phi) is 4.63. The first-order valence-corrected chi connectivity index (χ1v) is 10.9. The zero-order valence-electron chi connectivity index (χ0n) is 12.9. The third-order valence-corrected chi connectivity index (χ3v) is 6.93. The third-order valence-electron chi connectivity index (χ3n) is 3.70. The molecule has 2 aromatic heterocycles. The van der Waals surface area contributed by atoms with Crippen molar-refractivity contribution in [2.75, 3.05) is 6.26 Å². The number of hydrogen-bond acceptors (Lipinski definition) is 6. The van der Waals surface area contributed by atoms with Gasteiger partial charge in [0.15, 0.2) is 9.66 Å². The van der Waals surface area contributed by atoms with Crippen molar-refractivity contribution in [1.82, 2.24) is 9.97 Å². The topological polar surface area (TPSA) is 25.8 Å². The monoisotopic (exact) mass is 386 g/mol. The van der Waals surface area contributed by atoms with Gasteiger partial charge in [0.05, 0.1) is 0 Å². The number of thiol groups is 1. The van der Waals surface area contributed by atoms with Gasteiger partial charge in [0.2, 0.25) is 0 Å². The molecule has 0 saturated heterocycles. The first-order chi connectivity index (χ1) is 11.8. The lowest BCUT2D eigenvalue weighted by Crippen LogP contribution is -1.79. The molecular weight excluding hydrogens is 372 g/mol. The van der Waals surface area contributed by atoms with Crippen molar-refractivity contribution in [3.05, 3.63) is 54.1 Å². The molecule has 0 bridgehead atoms. The van der Waals surface area contributed by atoms with E-state index in [2.05, 4.69) is 67.4 Å². The van der Waals surface area contributed by atoms with E-state index in [0.717, 1.165) is 36.6 Å². The molecule has 2 aromatic carbocycles. The summed E-state index contributed by atoms with van der Waals surface area (Å²) < 4.78 is 0. The maximum absolute atomic E-state index is 4.77. The molecular formula is C18H14N2S4. The van der Waals surface area contributed by atoms with Crippen molar-refractivity contribution in [1.29, 1.82) is 0 Å². The number of benzene rings is 2. The quantitative estimate of drug-likeness (QED) is 0.332. The summed E-state index contributed by atoms with van der Waals surface area (Å²) in [6.07, 6.45) is 2.09. The van der Waals surface area contributed by atoms with Crippen LogP contribution < -0.4 is 0 Å². The van der Waals surface area contributed by atoms with Crippen LogP contribution in [0.1, 0.15) is 5.56 Å². The van der Waals surface area contributed by atoms with Crippen LogP contribution in [0.3, 0.4) is 0 Å². The molecule has 0 aliphatic carbocycles. The van der Waals surface area contributed by atoms with Gasteiger partial charge < -0.3 is 0 Å². The van der Waals surface area contributed by atoms with Gasteiger partial charge in [-0.1, -0.05) is 59.1 Å². The summed E-state index contributed by atoms with van der Waals surface area (Å²) >= 11 is 9.36. The van der Waals surface area contributed by atoms with Crippen LogP contribution in [-0.2, 0) is 5.75 Å². The zero-order valence-corrected chi connectivity index (χ0v) is 16.2. The minimum atomic E-state index is 0.757. The highest BCUT2D eigenvalue weighted by Gasteiger charge is 2.13. The van der Waals surface area contributed by atoms with Crippen molar-refractivity contribution < 1.29 is 0 Å². The van der Waals surface area contributed by atoms with Gasteiger partial charge in [-0.25, -0.2) is 9.97 Å². The van der Waals surface area contributed by atoms with Crippen LogP contribution in [0.25, 0.3) is 30.8 Å². The summed E-state index contributed by atoms with van der Waals surface area (Å²) in [5.41, 5.74) is 3.51. The molecule has 4 rings (SSSR count). The largest absolute Gasteiger partial charge is 0.223 e.